The van der Waals surface area contributed by atoms with Crippen LogP contribution in [-0.2, 0) is 32.0 Å². The van der Waals surface area contributed by atoms with Crippen LogP contribution in [0.3, 0.4) is 0 Å². The van der Waals surface area contributed by atoms with Gasteiger partial charge in [-0.1, -0.05) is 12.1 Å². The van der Waals surface area contributed by atoms with Gasteiger partial charge < -0.3 is 34.3 Å². The molecule has 0 spiro atoms. The Hall–Kier alpha value is -3.04. The van der Waals surface area contributed by atoms with Crippen molar-refractivity contribution >= 4 is 11.9 Å². The number of carboxylic acids is 2. The summed E-state index contributed by atoms with van der Waals surface area (Å²) in [6.45, 7) is 5.50. The highest BCUT2D eigenvalue weighted by atomic mass is 16.5. The third-order valence-electron chi connectivity index (χ3n) is 6.12. The molecule has 1 aliphatic rings. The second-order valence-electron chi connectivity index (χ2n) is 9.17. The lowest BCUT2D eigenvalue weighted by atomic mass is 10.3. The van der Waals surface area contributed by atoms with Crippen molar-refractivity contribution in [3.63, 3.8) is 0 Å². The number of carbonyl (C=O) groups is 2. The van der Waals surface area contributed by atoms with Gasteiger partial charge in [0.15, 0.2) is 0 Å². The molecule has 0 unspecified atom stereocenters. The quantitative estimate of drug-likeness (QED) is 0.431. The maximum Gasteiger partial charge on any atom is 0.354 e. The minimum Gasteiger partial charge on any atom is -0.477 e. The van der Waals surface area contributed by atoms with E-state index in [1.807, 2.05) is 0 Å². The van der Waals surface area contributed by atoms with E-state index in [2.05, 4.69) is 19.8 Å². The Bertz CT molecular complexity index is 1060. The van der Waals surface area contributed by atoms with E-state index in [0.29, 0.717) is 90.3 Å². The molecule has 3 heterocycles. The van der Waals surface area contributed by atoms with Crippen molar-refractivity contribution in [1.82, 2.24) is 19.8 Å². The predicted octanol–water partition coefficient (Wildman–Crippen LogP) is 0.618. The monoisotopic (exact) mass is 562 g/mol. The van der Waals surface area contributed by atoms with Crippen LogP contribution in [-0.4, -0.2) is 132 Å². The Morgan fingerprint density at radius 1 is 0.725 bits per heavy atom. The van der Waals surface area contributed by atoms with E-state index in [0.717, 1.165) is 0 Å². The van der Waals surface area contributed by atoms with Crippen LogP contribution in [0, 0.1) is 0 Å². The summed E-state index contributed by atoms with van der Waals surface area (Å²) in [6, 6.07) is 9.81. The van der Waals surface area contributed by atoms with Crippen LogP contribution in [0.5, 0.6) is 0 Å². The van der Waals surface area contributed by atoms with E-state index < -0.39 is 18.0 Å². The topological polar surface area (TPSA) is 164 Å². The number of aliphatic hydroxyl groups excluding tert-OH is 1. The van der Waals surface area contributed by atoms with E-state index in [9.17, 15) is 24.9 Å². The average Bonchev–Trinajstić information content (AvgIpc) is 2.95. The maximum absolute atomic E-state index is 11.3. The molecular weight excluding hydrogens is 524 g/mol. The van der Waals surface area contributed by atoms with Crippen molar-refractivity contribution in [2.24, 2.45) is 0 Å². The van der Waals surface area contributed by atoms with Crippen molar-refractivity contribution in [2.75, 3.05) is 79.0 Å². The third kappa shape index (κ3) is 11.6. The first-order valence-electron chi connectivity index (χ1n) is 13.2. The molecule has 3 rings (SSSR count). The smallest absolute Gasteiger partial charge is 0.354 e. The minimum absolute atomic E-state index is 0.00455. The van der Waals surface area contributed by atoms with Crippen LogP contribution in [0.15, 0.2) is 36.4 Å². The molecule has 2 aromatic rings. The zero-order valence-electron chi connectivity index (χ0n) is 22.5. The summed E-state index contributed by atoms with van der Waals surface area (Å²) in [5.74, 6) is -2.15. The fraction of sp³-hybridized carbons (Fsp3) is 0.556. The first-order valence-corrected chi connectivity index (χ1v) is 13.2. The third-order valence-corrected chi connectivity index (χ3v) is 6.12. The number of rotatable bonds is 7. The van der Waals surface area contributed by atoms with Crippen molar-refractivity contribution in [2.45, 2.75) is 19.2 Å². The molecule has 0 aliphatic carbocycles. The van der Waals surface area contributed by atoms with Crippen LogP contribution in [0.2, 0.25) is 0 Å². The molecule has 1 aliphatic heterocycles. The Labute approximate surface area is 233 Å². The number of hydrogen-bond acceptors (Lipinski definition) is 11. The molecule has 3 N–H and O–H groups in total. The number of nitrogens with zero attached hydrogens (tertiary/aromatic N) is 4. The Morgan fingerprint density at radius 3 is 1.68 bits per heavy atom. The largest absolute Gasteiger partial charge is 0.477 e. The molecule has 13 nitrogen and oxygen atoms in total. The SMILES string of the molecule is O=C(O)c1cccc(CN2CCOCCOCCN(Cc3cccc(C(=O)O)n3)CCO[C@H](CO)COCC2)n1. The fourth-order valence-electron chi connectivity index (χ4n) is 3.99. The number of aliphatic hydroxyl groups is 1. The van der Waals surface area contributed by atoms with E-state index in [-0.39, 0.29) is 24.6 Å². The van der Waals surface area contributed by atoms with Gasteiger partial charge in [-0.05, 0) is 24.3 Å². The van der Waals surface area contributed by atoms with Gasteiger partial charge in [0.25, 0.3) is 0 Å². The van der Waals surface area contributed by atoms with Crippen molar-refractivity contribution in [3.8, 4) is 0 Å². The average molecular weight is 563 g/mol. The normalized spacial score (nSPS) is 19.9. The zero-order valence-corrected chi connectivity index (χ0v) is 22.5. The van der Waals surface area contributed by atoms with Crippen molar-refractivity contribution < 1.29 is 43.9 Å². The maximum atomic E-state index is 11.3. The number of aromatic carboxylic acids is 2. The summed E-state index contributed by atoms with van der Waals surface area (Å²) in [4.78, 5) is 35.1. The number of aromatic nitrogens is 2. The highest BCUT2D eigenvalue weighted by molar-refractivity contribution is 5.85. The van der Waals surface area contributed by atoms with Gasteiger partial charge in [0.1, 0.15) is 17.5 Å². The summed E-state index contributed by atoms with van der Waals surface area (Å²) in [7, 11) is 0. The fourth-order valence-corrected chi connectivity index (χ4v) is 3.99. The van der Waals surface area contributed by atoms with Gasteiger partial charge >= 0.3 is 11.9 Å². The molecule has 40 heavy (non-hydrogen) atoms. The van der Waals surface area contributed by atoms with E-state index in [4.69, 9.17) is 18.9 Å². The molecule has 1 saturated heterocycles. The van der Waals surface area contributed by atoms with Gasteiger partial charge in [-0.2, -0.15) is 0 Å². The van der Waals surface area contributed by atoms with Gasteiger partial charge in [0.2, 0.25) is 0 Å². The molecule has 0 radical (unpaired) electrons. The first kappa shape index (κ1) is 31.5. The van der Waals surface area contributed by atoms with Crippen molar-refractivity contribution in [1.29, 1.82) is 0 Å². The lowest BCUT2D eigenvalue weighted by molar-refractivity contribution is -0.0535. The molecule has 1 fully saturated rings. The molecule has 220 valence electrons. The van der Waals surface area contributed by atoms with Crippen LogP contribution < -0.4 is 0 Å². The van der Waals surface area contributed by atoms with Gasteiger partial charge in [-0.25, -0.2) is 19.6 Å². The minimum atomic E-state index is -1.08. The number of ether oxygens (including phenoxy) is 4. The molecule has 13 heteroatoms. The molecule has 0 amide bonds. The summed E-state index contributed by atoms with van der Waals surface area (Å²) in [6.07, 6.45) is -0.504. The number of carboxylic acid groups (broad SMARTS) is 2. The van der Waals surface area contributed by atoms with Gasteiger partial charge in [0, 0.05) is 39.3 Å². The summed E-state index contributed by atoms with van der Waals surface area (Å²) < 4.78 is 23.1. The van der Waals surface area contributed by atoms with Crippen LogP contribution in [0.4, 0.5) is 0 Å². The highest BCUT2D eigenvalue weighted by Crippen LogP contribution is 2.07. The van der Waals surface area contributed by atoms with Crippen LogP contribution >= 0.6 is 0 Å². The van der Waals surface area contributed by atoms with E-state index >= 15 is 0 Å². The van der Waals surface area contributed by atoms with Crippen LogP contribution in [0.25, 0.3) is 0 Å². The lowest BCUT2D eigenvalue weighted by Crippen LogP contribution is -2.35. The summed E-state index contributed by atoms with van der Waals surface area (Å²) >= 11 is 0. The standard InChI is InChI=1S/C27H38N4O9/c32-19-23-20-39-13-9-30(17-21-3-1-5-24(28-21)26(33)34)7-11-37-15-16-38-12-8-31(10-14-40-23)18-22-4-2-6-25(29-22)27(35)36/h1-6,23,32H,7-20H2,(H,33,34)(H,35,36)/t23-/m1/s1. The van der Waals surface area contributed by atoms with E-state index in [1.54, 1.807) is 24.3 Å². The molecule has 0 aromatic carbocycles. The second-order valence-corrected chi connectivity index (χ2v) is 9.17. The Kier molecular flexibility index (Phi) is 13.9. The Balaban J connectivity index is 1.55. The van der Waals surface area contributed by atoms with Gasteiger partial charge in [0.05, 0.1) is 64.2 Å². The molecule has 1 atom stereocenters. The van der Waals surface area contributed by atoms with Gasteiger partial charge in [-0.3, -0.25) is 9.80 Å². The lowest BCUT2D eigenvalue weighted by Gasteiger charge is -2.25. The number of pyridine rings is 2. The predicted molar refractivity (Wildman–Crippen MR) is 142 cm³/mol. The first-order chi connectivity index (χ1) is 19.4. The van der Waals surface area contributed by atoms with E-state index in [1.165, 1.54) is 12.1 Å². The number of hydrogen-bond donors (Lipinski definition) is 3. The molecule has 2 aromatic heterocycles. The summed E-state index contributed by atoms with van der Waals surface area (Å²) in [5.41, 5.74) is 1.25. The summed E-state index contributed by atoms with van der Waals surface area (Å²) in [5, 5.41) is 28.2. The second kappa shape index (κ2) is 17.6. The molecule has 0 bridgehead atoms. The zero-order chi connectivity index (χ0) is 28.6. The Morgan fingerprint density at radius 2 is 1.20 bits per heavy atom. The highest BCUT2D eigenvalue weighted by Gasteiger charge is 2.15. The van der Waals surface area contributed by atoms with Crippen LogP contribution in [0.1, 0.15) is 32.4 Å². The van der Waals surface area contributed by atoms with Crippen molar-refractivity contribution in [3.05, 3.63) is 59.2 Å². The molecular formula is C27H38N4O9. The van der Waals surface area contributed by atoms with Gasteiger partial charge in [-0.15, -0.1) is 0 Å². The molecule has 0 saturated carbocycles.